The van der Waals surface area contributed by atoms with Crippen LogP contribution in [0, 0.1) is 6.92 Å². The first kappa shape index (κ1) is 16.7. The molecule has 0 saturated carbocycles. The molecule has 3 aromatic rings. The van der Waals surface area contributed by atoms with Gasteiger partial charge in [-0.3, -0.25) is 4.79 Å². The molecular formula is C19H18N2O4. The van der Waals surface area contributed by atoms with Crippen molar-refractivity contribution in [1.82, 2.24) is 9.97 Å². The van der Waals surface area contributed by atoms with Gasteiger partial charge in [0.25, 0.3) is 5.56 Å². The van der Waals surface area contributed by atoms with Gasteiger partial charge in [0, 0.05) is 0 Å². The second-order valence-electron chi connectivity index (χ2n) is 5.65. The number of aromatic nitrogens is 2. The molecule has 0 saturated heterocycles. The van der Waals surface area contributed by atoms with E-state index in [1.54, 1.807) is 37.3 Å². The fraction of sp³-hybridized carbons (Fsp3) is 0.211. The summed E-state index contributed by atoms with van der Waals surface area (Å²) in [6.45, 7) is 3.33. The van der Waals surface area contributed by atoms with Crippen molar-refractivity contribution in [2.75, 3.05) is 6.61 Å². The topological polar surface area (TPSA) is 81.3 Å². The molecule has 1 N–H and O–H groups in total. The van der Waals surface area contributed by atoms with Crippen molar-refractivity contribution in [1.29, 1.82) is 0 Å². The van der Waals surface area contributed by atoms with Gasteiger partial charge < -0.3 is 14.5 Å². The Kier molecular flexibility index (Phi) is 4.79. The molecule has 2 aromatic carbocycles. The first-order valence-corrected chi connectivity index (χ1v) is 7.91. The van der Waals surface area contributed by atoms with Crippen molar-refractivity contribution >= 4 is 16.9 Å². The van der Waals surface area contributed by atoms with Crippen molar-refractivity contribution in [2.24, 2.45) is 0 Å². The summed E-state index contributed by atoms with van der Waals surface area (Å²) in [4.78, 5) is 31.1. The summed E-state index contributed by atoms with van der Waals surface area (Å²) in [7, 11) is 0. The Labute approximate surface area is 144 Å². The Morgan fingerprint density at radius 2 is 1.88 bits per heavy atom. The summed E-state index contributed by atoms with van der Waals surface area (Å²) >= 11 is 0. The zero-order valence-corrected chi connectivity index (χ0v) is 14.0. The summed E-state index contributed by atoms with van der Waals surface area (Å²) in [5.41, 5.74) is 1.23. The number of carbonyl (C=O) groups is 1. The number of H-pyrrole nitrogens is 1. The summed E-state index contributed by atoms with van der Waals surface area (Å²) in [6, 6.07) is 14.4. The van der Waals surface area contributed by atoms with Crippen LogP contribution in [-0.4, -0.2) is 22.5 Å². The van der Waals surface area contributed by atoms with Crippen molar-refractivity contribution in [3.63, 3.8) is 0 Å². The van der Waals surface area contributed by atoms with Crippen LogP contribution in [-0.2, 0) is 9.53 Å². The number of fused-ring (bicyclic) bond motifs is 1. The van der Waals surface area contributed by atoms with E-state index in [0.717, 1.165) is 5.56 Å². The minimum atomic E-state index is -0.690. The maximum Gasteiger partial charge on any atom is 0.344 e. The van der Waals surface area contributed by atoms with Crippen LogP contribution in [0.1, 0.15) is 24.4 Å². The van der Waals surface area contributed by atoms with Crippen LogP contribution in [0.15, 0.2) is 53.3 Å². The fourth-order valence-electron chi connectivity index (χ4n) is 2.44. The lowest BCUT2D eigenvalue weighted by Crippen LogP contribution is -2.20. The van der Waals surface area contributed by atoms with Gasteiger partial charge >= 0.3 is 5.97 Å². The van der Waals surface area contributed by atoms with Crippen molar-refractivity contribution in [3.8, 4) is 5.75 Å². The number of benzene rings is 2. The van der Waals surface area contributed by atoms with E-state index < -0.39 is 12.1 Å². The molecule has 1 aromatic heterocycles. The Balaban J connectivity index is 1.67. The Morgan fingerprint density at radius 3 is 2.68 bits per heavy atom. The molecule has 0 aliphatic heterocycles. The van der Waals surface area contributed by atoms with E-state index in [4.69, 9.17) is 9.47 Å². The van der Waals surface area contributed by atoms with E-state index in [1.165, 1.54) is 0 Å². The molecule has 128 valence electrons. The van der Waals surface area contributed by atoms with Crippen LogP contribution in [0.3, 0.4) is 0 Å². The molecule has 0 aliphatic rings. The van der Waals surface area contributed by atoms with Crippen LogP contribution in [0.5, 0.6) is 5.75 Å². The van der Waals surface area contributed by atoms with E-state index in [-0.39, 0.29) is 12.2 Å². The molecule has 25 heavy (non-hydrogen) atoms. The number of nitrogens with one attached hydrogen (secondary N) is 1. The average molecular weight is 338 g/mol. The number of hydrogen-bond acceptors (Lipinski definition) is 5. The predicted molar refractivity (Wildman–Crippen MR) is 93.5 cm³/mol. The number of ether oxygens (including phenoxy) is 2. The number of aromatic amines is 1. The third-order valence-corrected chi connectivity index (χ3v) is 3.76. The predicted octanol–water partition coefficient (Wildman–Crippen LogP) is 2.91. The molecule has 0 radical (unpaired) electrons. The van der Waals surface area contributed by atoms with Crippen molar-refractivity contribution < 1.29 is 14.3 Å². The van der Waals surface area contributed by atoms with E-state index in [9.17, 15) is 9.59 Å². The first-order valence-electron chi connectivity index (χ1n) is 7.91. The average Bonchev–Trinajstić information content (AvgIpc) is 2.61. The molecular weight excluding hydrogens is 320 g/mol. The molecule has 6 heteroatoms. The molecule has 0 bridgehead atoms. The van der Waals surface area contributed by atoms with E-state index in [2.05, 4.69) is 9.97 Å². The minimum absolute atomic E-state index is 0.215. The van der Waals surface area contributed by atoms with Crippen LogP contribution in [0.25, 0.3) is 10.9 Å². The van der Waals surface area contributed by atoms with Gasteiger partial charge in [-0.25, -0.2) is 9.78 Å². The van der Waals surface area contributed by atoms with Gasteiger partial charge in [0.15, 0.2) is 18.5 Å². The third-order valence-electron chi connectivity index (χ3n) is 3.76. The molecule has 0 spiro atoms. The van der Waals surface area contributed by atoms with Crippen LogP contribution >= 0.6 is 0 Å². The van der Waals surface area contributed by atoms with Gasteiger partial charge in [-0.05, 0) is 37.6 Å². The van der Waals surface area contributed by atoms with Crippen molar-refractivity contribution in [3.05, 3.63) is 70.3 Å². The minimum Gasteiger partial charge on any atom is -0.482 e. The molecule has 1 atom stereocenters. The monoisotopic (exact) mass is 338 g/mol. The summed E-state index contributed by atoms with van der Waals surface area (Å²) < 4.78 is 10.8. The van der Waals surface area contributed by atoms with Gasteiger partial charge in [0.2, 0.25) is 0 Å². The molecule has 0 fully saturated rings. The lowest BCUT2D eigenvalue weighted by Gasteiger charge is -2.14. The largest absolute Gasteiger partial charge is 0.482 e. The summed E-state index contributed by atoms with van der Waals surface area (Å²) in [5.74, 6) is 0.392. The Bertz CT molecular complexity index is 965. The molecule has 0 amide bonds. The quantitative estimate of drug-likeness (QED) is 0.724. The highest BCUT2D eigenvalue weighted by Crippen LogP contribution is 2.17. The van der Waals surface area contributed by atoms with Gasteiger partial charge in [-0.1, -0.05) is 30.3 Å². The summed E-state index contributed by atoms with van der Waals surface area (Å²) in [6.07, 6.45) is -0.690. The highest BCUT2D eigenvalue weighted by molar-refractivity contribution is 5.77. The number of para-hydroxylation sites is 2. The smallest absolute Gasteiger partial charge is 0.344 e. The van der Waals surface area contributed by atoms with E-state index >= 15 is 0 Å². The summed E-state index contributed by atoms with van der Waals surface area (Å²) in [5, 5.41) is 0.493. The highest BCUT2D eigenvalue weighted by Gasteiger charge is 2.16. The first-order chi connectivity index (χ1) is 12.0. The van der Waals surface area contributed by atoms with Crippen LogP contribution in [0.4, 0.5) is 0 Å². The molecule has 0 unspecified atom stereocenters. The molecule has 0 aliphatic carbocycles. The second kappa shape index (κ2) is 7.17. The van der Waals surface area contributed by atoms with Crippen LogP contribution < -0.4 is 10.3 Å². The normalized spacial score (nSPS) is 11.9. The van der Waals surface area contributed by atoms with Gasteiger partial charge in [0.1, 0.15) is 5.75 Å². The number of rotatable bonds is 5. The number of nitrogens with zero attached hydrogens (tertiary/aromatic N) is 1. The maximum atomic E-state index is 12.1. The number of aryl methyl sites for hydroxylation is 1. The lowest BCUT2D eigenvalue weighted by molar-refractivity contribution is -0.151. The highest BCUT2D eigenvalue weighted by atomic mass is 16.6. The Hall–Kier alpha value is -3.15. The Morgan fingerprint density at radius 1 is 1.16 bits per heavy atom. The van der Waals surface area contributed by atoms with Crippen molar-refractivity contribution in [2.45, 2.75) is 20.0 Å². The zero-order valence-electron chi connectivity index (χ0n) is 14.0. The molecule has 6 nitrogen and oxygen atoms in total. The number of hydrogen-bond donors (Lipinski definition) is 1. The second-order valence-corrected chi connectivity index (χ2v) is 5.65. The number of esters is 1. The fourth-order valence-corrected chi connectivity index (χ4v) is 2.44. The zero-order chi connectivity index (χ0) is 17.8. The molecule has 1 heterocycles. The standard InChI is InChI=1S/C19H18N2O4/c1-12-7-3-6-10-16(12)24-11-17(22)25-13(2)18-20-15-9-5-4-8-14(15)19(23)21-18/h3-10,13H,11H2,1-2H3,(H,20,21,23)/t13-/m0/s1. The lowest BCUT2D eigenvalue weighted by atomic mass is 10.2. The van der Waals surface area contributed by atoms with Gasteiger partial charge in [0.05, 0.1) is 10.9 Å². The SMILES string of the molecule is Cc1ccccc1OCC(=O)O[C@@H](C)c1nc2ccccc2c(=O)[nH]1. The van der Waals surface area contributed by atoms with Crippen LogP contribution in [0.2, 0.25) is 0 Å². The van der Waals surface area contributed by atoms with Gasteiger partial charge in [-0.15, -0.1) is 0 Å². The molecule has 3 rings (SSSR count). The number of carbonyl (C=O) groups excluding carboxylic acids is 1. The van der Waals surface area contributed by atoms with E-state index in [0.29, 0.717) is 22.5 Å². The third kappa shape index (κ3) is 3.85. The van der Waals surface area contributed by atoms with E-state index in [1.807, 2.05) is 25.1 Å². The maximum absolute atomic E-state index is 12.1. The van der Waals surface area contributed by atoms with Gasteiger partial charge in [-0.2, -0.15) is 0 Å².